The van der Waals surface area contributed by atoms with Crippen molar-refractivity contribution in [2.24, 2.45) is 5.73 Å². The molecule has 7 nitrogen and oxygen atoms in total. The van der Waals surface area contributed by atoms with Gasteiger partial charge in [0.1, 0.15) is 5.00 Å². The minimum Gasteiger partial charge on any atom is -0.365 e. The first kappa shape index (κ1) is 21.9. The number of rotatable bonds is 5. The Hall–Kier alpha value is -2.91. The number of carbonyl (C=O) groups excluding carboxylic acids is 2. The summed E-state index contributed by atoms with van der Waals surface area (Å²) in [6.07, 6.45) is 3.90. The molecule has 3 heterocycles. The minimum atomic E-state index is -0.481. The number of nitrogens with one attached hydrogen (secondary N) is 1. The van der Waals surface area contributed by atoms with Gasteiger partial charge in [-0.15, -0.1) is 21.5 Å². The van der Waals surface area contributed by atoms with E-state index in [1.807, 2.05) is 23.5 Å². The van der Waals surface area contributed by atoms with E-state index in [2.05, 4.69) is 41.5 Å². The number of nitrogens with two attached hydrogens (primary N) is 1. The second-order valence-electron chi connectivity index (χ2n) is 8.50. The van der Waals surface area contributed by atoms with Crippen LogP contribution in [0.25, 0.3) is 16.6 Å². The van der Waals surface area contributed by atoms with Crippen LogP contribution in [-0.4, -0.2) is 31.7 Å². The second kappa shape index (κ2) is 8.46. The Labute approximate surface area is 199 Å². The Morgan fingerprint density at radius 3 is 2.76 bits per heavy atom. The van der Waals surface area contributed by atoms with E-state index in [9.17, 15) is 9.59 Å². The fraction of sp³-hybridized carbons (Fsp3) is 0.333. The Bertz CT molecular complexity index is 1420. The number of thioether (sulfide) groups is 1. The summed E-state index contributed by atoms with van der Waals surface area (Å²) < 4.78 is 2.02. The van der Waals surface area contributed by atoms with Crippen LogP contribution in [0.15, 0.2) is 29.4 Å². The fourth-order valence-corrected chi connectivity index (χ4v) is 6.70. The maximum Gasteiger partial charge on any atom is 0.251 e. The molecule has 33 heavy (non-hydrogen) atoms. The molecule has 0 bridgehead atoms. The third kappa shape index (κ3) is 3.79. The summed E-state index contributed by atoms with van der Waals surface area (Å²) in [6.45, 7) is 5.97. The van der Waals surface area contributed by atoms with Crippen molar-refractivity contribution >= 4 is 56.5 Å². The van der Waals surface area contributed by atoms with E-state index >= 15 is 0 Å². The molecule has 4 aromatic rings. The lowest BCUT2D eigenvalue weighted by Gasteiger charge is -2.13. The number of amides is 2. The first-order valence-corrected chi connectivity index (χ1v) is 12.7. The Balaban J connectivity index is 1.45. The van der Waals surface area contributed by atoms with Crippen molar-refractivity contribution in [3.63, 3.8) is 0 Å². The van der Waals surface area contributed by atoms with Crippen molar-refractivity contribution in [3.05, 3.63) is 51.4 Å². The van der Waals surface area contributed by atoms with Crippen molar-refractivity contribution in [2.75, 3.05) is 5.32 Å². The highest BCUT2D eigenvalue weighted by Gasteiger charge is 2.27. The van der Waals surface area contributed by atoms with E-state index < -0.39 is 11.2 Å². The van der Waals surface area contributed by atoms with E-state index in [1.54, 1.807) is 0 Å². The van der Waals surface area contributed by atoms with Crippen LogP contribution in [0.3, 0.4) is 0 Å². The van der Waals surface area contributed by atoms with Gasteiger partial charge in [0.15, 0.2) is 10.8 Å². The zero-order chi connectivity index (χ0) is 23.3. The number of benzene rings is 1. The Morgan fingerprint density at radius 1 is 1.18 bits per heavy atom. The average molecular weight is 480 g/mol. The number of anilines is 1. The number of pyridine rings is 1. The molecule has 1 aromatic carbocycles. The number of carbonyl (C=O) groups is 2. The molecule has 1 unspecified atom stereocenters. The molecule has 0 spiro atoms. The van der Waals surface area contributed by atoms with Crippen molar-refractivity contribution in [3.8, 4) is 0 Å². The lowest BCUT2D eigenvalue weighted by atomic mass is 9.95. The highest BCUT2D eigenvalue weighted by molar-refractivity contribution is 8.00. The number of primary amides is 1. The van der Waals surface area contributed by atoms with Gasteiger partial charge in [-0.1, -0.05) is 30.0 Å². The summed E-state index contributed by atoms with van der Waals surface area (Å²) in [5, 5.41) is 13.6. The molecule has 3 aromatic heterocycles. The van der Waals surface area contributed by atoms with Crippen LogP contribution in [0.1, 0.15) is 51.7 Å². The van der Waals surface area contributed by atoms with Crippen LogP contribution in [0.4, 0.5) is 5.00 Å². The van der Waals surface area contributed by atoms with Crippen LogP contribution in [0, 0.1) is 13.8 Å². The number of aryl methyl sites for hydroxylation is 3. The van der Waals surface area contributed by atoms with Gasteiger partial charge in [-0.2, -0.15) is 0 Å². The maximum absolute atomic E-state index is 13.1. The number of nitrogens with zero attached hydrogens (tertiary/aromatic N) is 3. The van der Waals surface area contributed by atoms with Gasteiger partial charge >= 0.3 is 0 Å². The summed E-state index contributed by atoms with van der Waals surface area (Å²) in [4.78, 5) is 26.4. The summed E-state index contributed by atoms with van der Waals surface area (Å²) in [5.41, 5.74) is 11.2. The van der Waals surface area contributed by atoms with Gasteiger partial charge in [0.2, 0.25) is 5.91 Å². The lowest BCUT2D eigenvalue weighted by Crippen LogP contribution is -2.24. The van der Waals surface area contributed by atoms with Gasteiger partial charge in [0.05, 0.1) is 16.3 Å². The zero-order valence-corrected chi connectivity index (χ0v) is 20.4. The van der Waals surface area contributed by atoms with Crippen LogP contribution in [-0.2, 0) is 17.6 Å². The summed E-state index contributed by atoms with van der Waals surface area (Å²) >= 11 is 2.83. The molecule has 1 aliphatic carbocycles. The molecule has 9 heteroatoms. The van der Waals surface area contributed by atoms with Crippen LogP contribution < -0.4 is 11.1 Å². The van der Waals surface area contributed by atoms with E-state index in [0.29, 0.717) is 15.7 Å². The van der Waals surface area contributed by atoms with Crippen molar-refractivity contribution in [1.29, 1.82) is 0 Å². The molecule has 0 saturated heterocycles. The van der Waals surface area contributed by atoms with Gasteiger partial charge in [-0.3, -0.25) is 14.0 Å². The summed E-state index contributed by atoms with van der Waals surface area (Å²) in [5.74, 6) is -0.670. The predicted molar refractivity (Wildman–Crippen MR) is 133 cm³/mol. The third-order valence-corrected chi connectivity index (χ3v) is 8.45. The molecule has 170 valence electrons. The molecule has 0 saturated carbocycles. The maximum atomic E-state index is 13.1. The Morgan fingerprint density at radius 2 is 1.97 bits per heavy atom. The molecule has 1 atom stereocenters. The van der Waals surface area contributed by atoms with Gasteiger partial charge in [0.25, 0.3) is 5.91 Å². The fourth-order valence-electron chi connectivity index (χ4n) is 4.55. The minimum absolute atomic E-state index is 0.189. The number of para-hydroxylation sites is 1. The molecule has 3 N–H and O–H groups in total. The van der Waals surface area contributed by atoms with Crippen molar-refractivity contribution in [2.45, 2.75) is 56.9 Å². The molecule has 5 rings (SSSR count). The lowest BCUT2D eigenvalue weighted by molar-refractivity contribution is -0.115. The van der Waals surface area contributed by atoms with E-state index in [0.717, 1.165) is 63.8 Å². The van der Waals surface area contributed by atoms with Crippen LogP contribution in [0.5, 0.6) is 0 Å². The van der Waals surface area contributed by atoms with E-state index in [-0.39, 0.29) is 5.91 Å². The molecular formula is C24H25N5O2S2. The second-order valence-corrected chi connectivity index (χ2v) is 10.9. The quantitative estimate of drug-likeness (QED) is 0.405. The van der Waals surface area contributed by atoms with Crippen LogP contribution >= 0.6 is 23.1 Å². The van der Waals surface area contributed by atoms with Gasteiger partial charge in [0, 0.05) is 10.3 Å². The van der Waals surface area contributed by atoms with Gasteiger partial charge in [-0.25, -0.2) is 0 Å². The predicted octanol–water partition coefficient (Wildman–Crippen LogP) is 4.66. The van der Waals surface area contributed by atoms with Gasteiger partial charge in [-0.05, 0) is 69.2 Å². The first-order valence-electron chi connectivity index (χ1n) is 11.0. The number of aromatic nitrogens is 3. The van der Waals surface area contributed by atoms with Crippen LogP contribution in [0.2, 0.25) is 0 Å². The highest BCUT2D eigenvalue weighted by atomic mass is 32.2. The van der Waals surface area contributed by atoms with Crippen molar-refractivity contribution < 1.29 is 9.59 Å². The molecule has 1 aliphatic rings. The number of fused-ring (bicyclic) bond motifs is 4. The molecule has 0 radical (unpaired) electrons. The highest BCUT2D eigenvalue weighted by Crippen LogP contribution is 2.38. The largest absolute Gasteiger partial charge is 0.365 e. The first-order chi connectivity index (χ1) is 15.8. The van der Waals surface area contributed by atoms with Gasteiger partial charge < -0.3 is 11.1 Å². The van der Waals surface area contributed by atoms with Crippen molar-refractivity contribution in [1.82, 2.24) is 14.6 Å². The average Bonchev–Trinajstić information content (AvgIpc) is 3.34. The number of thiophene rings is 1. The third-order valence-electron chi connectivity index (χ3n) is 6.20. The monoisotopic (exact) mass is 479 g/mol. The molecular weight excluding hydrogens is 454 g/mol. The summed E-state index contributed by atoms with van der Waals surface area (Å²) in [6, 6.07) is 8.21. The standard InChI is InChI=1S/C24H25N5O2S2/c1-12-7-6-9-15-13(2)11-18-27-28-24(29(18)20(12)15)32-14(3)22(31)26-23-19(21(25)30)16-8-4-5-10-17(16)33-23/h6-7,9,11,14H,4-5,8,10H2,1-3H3,(H2,25,30)(H,26,31). The normalized spacial score (nSPS) is 14.4. The summed E-state index contributed by atoms with van der Waals surface area (Å²) in [7, 11) is 0. The Kier molecular flexibility index (Phi) is 5.62. The molecule has 2 amide bonds. The zero-order valence-electron chi connectivity index (χ0n) is 18.8. The molecule has 0 fully saturated rings. The van der Waals surface area contributed by atoms with E-state index in [4.69, 9.17) is 5.73 Å². The topological polar surface area (TPSA) is 102 Å². The van der Waals surface area contributed by atoms with E-state index in [1.165, 1.54) is 23.1 Å². The molecule has 0 aliphatic heterocycles. The smallest absolute Gasteiger partial charge is 0.251 e. The number of hydrogen-bond donors (Lipinski definition) is 2. The SMILES string of the molecule is Cc1cc2nnc(SC(C)C(=O)Nc3sc4c(c3C(N)=O)CCCC4)n2c2c(C)cccc12. The number of hydrogen-bond acceptors (Lipinski definition) is 6.